The molecule has 0 saturated heterocycles. The molecule has 2 rings (SSSR count). The van der Waals surface area contributed by atoms with Gasteiger partial charge in [-0.1, -0.05) is 0 Å². The van der Waals surface area contributed by atoms with E-state index in [1.807, 2.05) is 6.07 Å². The largest absolute Gasteiger partial charge is 0.497 e. The molecule has 2 aromatic rings. The number of hydrogen-bond donors (Lipinski definition) is 0. The summed E-state index contributed by atoms with van der Waals surface area (Å²) >= 11 is 0. The van der Waals surface area contributed by atoms with Crippen molar-refractivity contribution in [3.8, 4) is 23.3 Å². The lowest BCUT2D eigenvalue weighted by atomic mass is 10.1. The molecule has 0 spiro atoms. The Morgan fingerprint density at radius 2 is 1.62 bits per heavy atom. The van der Waals surface area contributed by atoms with Crippen molar-refractivity contribution in [2.45, 2.75) is 6.18 Å². The van der Waals surface area contributed by atoms with Crippen molar-refractivity contribution in [3.05, 3.63) is 53.6 Å². The number of rotatable bonds is 3. The van der Waals surface area contributed by atoms with Crippen molar-refractivity contribution in [2.24, 2.45) is 0 Å². The molecule has 3 nitrogen and oxygen atoms in total. The van der Waals surface area contributed by atoms with Gasteiger partial charge < -0.3 is 9.47 Å². The third-order valence-corrected chi connectivity index (χ3v) is 2.70. The molecule has 0 atom stereocenters. The standard InChI is InChI=1S/C15H10F3NO2/c1-20-12-6-7-14(13(8-12)15(16,17)18)21-11-4-2-10(9-19)3-5-11/h2-8H,1H3. The fourth-order valence-electron chi connectivity index (χ4n) is 1.67. The molecule has 0 heterocycles. The van der Waals surface area contributed by atoms with Gasteiger partial charge in [-0.05, 0) is 42.5 Å². The summed E-state index contributed by atoms with van der Waals surface area (Å²) in [5.41, 5.74) is -0.528. The molecule has 0 saturated carbocycles. The van der Waals surface area contributed by atoms with Crippen LogP contribution < -0.4 is 9.47 Å². The molecule has 0 aliphatic carbocycles. The Morgan fingerprint density at radius 1 is 1.00 bits per heavy atom. The fourth-order valence-corrected chi connectivity index (χ4v) is 1.67. The van der Waals surface area contributed by atoms with Crippen molar-refractivity contribution in [1.82, 2.24) is 0 Å². The Morgan fingerprint density at radius 3 is 2.14 bits per heavy atom. The maximum atomic E-state index is 13.0. The predicted octanol–water partition coefficient (Wildman–Crippen LogP) is 4.38. The van der Waals surface area contributed by atoms with Crippen LogP contribution in [0.4, 0.5) is 13.2 Å². The molecular formula is C15H10F3NO2. The second-order valence-corrected chi connectivity index (χ2v) is 4.10. The number of benzene rings is 2. The lowest BCUT2D eigenvalue weighted by molar-refractivity contribution is -0.138. The summed E-state index contributed by atoms with van der Waals surface area (Å²) in [6.07, 6.45) is -4.56. The van der Waals surface area contributed by atoms with Gasteiger partial charge in [0.15, 0.2) is 0 Å². The normalized spacial score (nSPS) is 10.8. The van der Waals surface area contributed by atoms with Crippen LogP contribution in [0.15, 0.2) is 42.5 Å². The van der Waals surface area contributed by atoms with E-state index in [0.717, 1.165) is 6.07 Å². The minimum atomic E-state index is -4.56. The van der Waals surface area contributed by atoms with Gasteiger partial charge in [-0.25, -0.2) is 0 Å². The summed E-state index contributed by atoms with van der Waals surface area (Å²) in [6, 6.07) is 11.2. The summed E-state index contributed by atoms with van der Waals surface area (Å²) < 4.78 is 49.1. The molecule has 0 radical (unpaired) electrons. The second kappa shape index (κ2) is 5.75. The molecule has 0 fully saturated rings. The zero-order valence-electron chi connectivity index (χ0n) is 10.9. The molecule has 0 N–H and O–H groups in total. The molecule has 108 valence electrons. The summed E-state index contributed by atoms with van der Waals surface area (Å²) in [6.45, 7) is 0. The van der Waals surface area contributed by atoms with Crippen molar-refractivity contribution >= 4 is 0 Å². The average Bonchev–Trinajstić information content (AvgIpc) is 2.47. The molecule has 2 aromatic carbocycles. The molecule has 0 unspecified atom stereocenters. The van der Waals surface area contributed by atoms with Gasteiger partial charge in [0, 0.05) is 0 Å². The Hall–Kier alpha value is -2.68. The highest BCUT2D eigenvalue weighted by Gasteiger charge is 2.35. The number of nitriles is 1. The first kappa shape index (κ1) is 14.7. The minimum absolute atomic E-state index is 0.0921. The molecule has 6 heteroatoms. The minimum Gasteiger partial charge on any atom is -0.497 e. The smallest absolute Gasteiger partial charge is 0.420 e. The monoisotopic (exact) mass is 293 g/mol. The number of halogens is 3. The highest BCUT2D eigenvalue weighted by atomic mass is 19.4. The van der Waals surface area contributed by atoms with Crippen LogP contribution in [-0.2, 0) is 6.18 Å². The number of methoxy groups -OCH3 is 1. The van der Waals surface area contributed by atoms with E-state index in [-0.39, 0.29) is 17.2 Å². The molecule has 0 aromatic heterocycles. The first-order valence-electron chi connectivity index (χ1n) is 5.87. The van der Waals surface area contributed by atoms with Crippen molar-refractivity contribution < 1.29 is 22.6 Å². The summed E-state index contributed by atoms with van der Waals surface area (Å²) in [5.74, 6) is -0.0211. The second-order valence-electron chi connectivity index (χ2n) is 4.10. The van der Waals surface area contributed by atoms with Crippen LogP contribution in [0.25, 0.3) is 0 Å². The van der Waals surface area contributed by atoms with E-state index in [0.29, 0.717) is 5.56 Å². The highest BCUT2D eigenvalue weighted by molar-refractivity contribution is 5.45. The fraction of sp³-hybridized carbons (Fsp3) is 0.133. The maximum Gasteiger partial charge on any atom is 0.420 e. The Labute approximate surface area is 119 Å². The van der Waals surface area contributed by atoms with Crippen LogP contribution in [0, 0.1) is 11.3 Å². The molecule has 0 aliphatic rings. The van der Waals surface area contributed by atoms with Gasteiger partial charge in [-0.2, -0.15) is 18.4 Å². The van der Waals surface area contributed by atoms with E-state index in [4.69, 9.17) is 14.7 Å². The lowest BCUT2D eigenvalue weighted by Gasteiger charge is -2.14. The quantitative estimate of drug-likeness (QED) is 0.843. The average molecular weight is 293 g/mol. The van der Waals surface area contributed by atoms with Crippen molar-refractivity contribution in [2.75, 3.05) is 7.11 Å². The van der Waals surface area contributed by atoms with Gasteiger partial charge in [0.25, 0.3) is 0 Å². The summed E-state index contributed by atoms with van der Waals surface area (Å²) in [4.78, 5) is 0. The van der Waals surface area contributed by atoms with E-state index >= 15 is 0 Å². The predicted molar refractivity (Wildman–Crippen MR) is 69.2 cm³/mol. The van der Waals surface area contributed by atoms with Gasteiger partial charge >= 0.3 is 6.18 Å². The Balaban J connectivity index is 2.36. The SMILES string of the molecule is COc1ccc(Oc2ccc(C#N)cc2)c(C(F)(F)F)c1. The first-order valence-corrected chi connectivity index (χ1v) is 5.87. The lowest BCUT2D eigenvalue weighted by Crippen LogP contribution is -2.07. The van der Waals surface area contributed by atoms with Gasteiger partial charge in [0.1, 0.15) is 22.8 Å². The van der Waals surface area contributed by atoms with Crippen LogP contribution in [-0.4, -0.2) is 7.11 Å². The molecule has 0 amide bonds. The van der Waals surface area contributed by atoms with Gasteiger partial charge in [-0.15, -0.1) is 0 Å². The zero-order valence-corrected chi connectivity index (χ0v) is 10.9. The van der Waals surface area contributed by atoms with E-state index in [9.17, 15) is 13.2 Å². The van der Waals surface area contributed by atoms with Crippen molar-refractivity contribution in [3.63, 3.8) is 0 Å². The van der Waals surface area contributed by atoms with Crippen LogP contribution >= 0.6 is 0 Å². The molecule has 0 bridgehead atoms. The summed E-state index contributed by atoms with van der Waals surface area (Å²) in [7, 11) is 1.29. The molecule has 21 heavy (non-hydrogen) atoms. The van der Waals surface area contributed by atoms with Gasteiger partial charge in [0.05, 0.1) is 18.7 Å². The molecular weight excluding hydrogens is 283 g/mol. The highest BCUT2D eigenvalue weighted by Crippen LogP contribution is 2.40. The number of hydrogen-bond acceptors (Lipinski definition) is 3. The first-order chi connectivity index (χ1) is 9.94. The van der Waals surface area contributed by atoms with Crippen molar-refractivity contribution in [1.29, 1.82) is 5.26 Å². The van der Waals surface area contributed by atoms with E-state index in [2.05, 4.69) is 0 Å². The third kappa shape index (κ3) is 3.45. The topological polar surface area (TPSA) is 42.2 Å². The Kier molecular flexibility index (Phi) is 4.03. The maximum absolute atomic E-state index is 13.0. The zero-order chi connectivity index (χ0) is 15.5. The number of alkyl halides is 3. The molecule has 0 aliphatic heterocycles. The van der Waals surface area contributed by atoms with Gasteiger partial charge in [-0.3, -0.25) is 0 Å². The van der Waals surface area contributed by atoms with Gasteiger partial charge in [0.2, 0.25) is 0 Å². The number of ether oxygens (including phenoxy) is 2. The van der Waals surface area contributed by atoms with E-state index in [1.54, 1.807) is 0 Å². The number of nitrogens with zero attached hydrogens (tertiary/aromatic N) is 1. The van der Waals surface area contributed by atoms with E-state index in [1.165, 1.54) is 43.5 Å². The van der Waals surface area contributed by atoms with Crippen LogP contribution in [0.5, 0.6) is 17.2 Å². The van der Waals surface area contributed by atoms with Crippen LogP contribution in [0.1, 0.15) is 11.1 Å². The Bertz CT molecular complexity index is 673. The third-order valence-electron chi connectivity index (χ3n) is 2.70. The van der Waals surface area contributed by atoms with Crippen LogP contribution in [0.3, 0.4) is 0 Å². The van der Waals surface area contributed by atoms with Crippen LogP contribution in [0.2, 0.25) is 0 Å². The summed E-state index contributed by atoms with van der Waals surface area (Å²) in [5, 5.41) is 8.67. The van der Waals surface area contributed by atoms with E-state index < -0.39 is 11.7 Å².